The zero-order valence-corrected chi connectivity index (χ0v) is 12.0. The molecule has 1 saturated carbocycles. The first kappa shape index (κ1) is 14.5. The summed E-state index contributed by atoms with van der Waals surface area (Å²) in [5, 5.41) is 0. The molecule has 4 heteroatoms. The zero-order chi connectivity index (χ0) is 13.7. The number of piperidine rings is 1. The van der Waals surface area contributed by atoms with Crippen LogP contribution in [0.5, 0.6) is 0 Å². The van der Waals surface area contributed by atoms with Crippen molar-refractivity contribution in [2.75, 3.05) is 26.7 Å². The molecule has 2 fully saturated rings. The van der Waals surface area contributed by atoms with E-state index >= 15 is 0 Å². The van der Waals surface area contributed by atoms with Gasteiger partial charge in [0.15, 0.2) is 0 Å². The number of amides is 1. The summed E-state index contributed by atoms with van der Waals surface area (Å²) in [6.07, 6.45) is 9.17. The fraction of sp³-hybridized carbons (Fsp3) is 0.867. The summed E-state index contributed by atoms with van der Waals surface area (Å²) in [4.78, 5) is 27.2. The van der Waals surface area contributed by atoms with Crippen LogP contribution in [0.4, 0.5) is 0 Å². The van der Waals surface area contributed by atoms with E-state index in [9.17, 15) is 9.59 Å². The van der Waals surface area contributed by atoms with Gasteiger partial charge in [-0.25, -0.2) is 0 Å². The van der Waals surface area contributed by atoms with E-state index in [2.05, 4.69) is 4.90 Å². The van der Waals surface area contributed by atoms with Crippen LogP contribution in [-0.2, 0) is 9.59 Å². The first-order valence-electron chi connectivity index (χ1n) is 7.64. The summed E-state index contributed by atoms with van der Waals surface area (Å²) in [5.41, 5.74) is 0. The SMILES string of the molecule is CN(C(=O)CN1CCCC(C=O)C1)C1CCCCC1. The predicted molar refractivity (Wildman–Crippen MR) is 74.9 cm³/mol. The molecule has 0 aromatic heterocycles. The van der Waals surface area contributed by atoms with Crippen LogP contribution in [0.3, 0.4) is 0 Å². The third-order valence-electron chi connectivity index (χ3n) is 4.61. The van der Waals surface area contributed by atoms with Gasteiger partial charge in [-0.15, -0.1) is 0 Å². The van der Waals surface area contributed by atoms with Crippen molar-refractivity contribution >= 4 is 12.2 Å². The van der Waals surface area contributed by atoms with Gasteiger partial charge in [0.2, 0.25) is 5.91 Å². The number of likely N-dealkylation sites (tertiary alicyclic amines) is 1. The molecule has 1 heterocycles. The highest BCUT2D eigenvalue weighted by atomic mass is 16.2. The highest BCUT2D eigenvalue weighted by Gasteiger charge is 2.25. The van der Waals surface area contributed by atoms with Gasteiger partial charge in [-0.2, -0.15) is 0 Å². The summed E-state index contributed by atoms with van der Waals surface area (Å²) in [6.45, 7) is 2.19. The summed E-state index contributed by atoms with van der Waals surface area (Å²) >= 11 is 0. The Morgan fingerprint density at radius 2 is 1.95 bits per heavy atom. The van der Waals surface area contributed by atoms with Crippen LogP contribution in [0.15, 0.2) is 0 Å². The van der Waals surface area contributed by atoms with E-state index in [4.69, 9.17) is 0 Å². The molecule has 1 aliphatic heterocycles. The van der Waals surface area contributed by atoms with Gasteiger partial charge in [0.1, 0.15) is 6.29 Å². The fourth-order valence-corrected chi connectivity index (χ4v) is 3.32. The maximum atomic E-state index is 12.3. The Kier molecular flexibility index (Phi) is 5.37. The minimum absolute atomic E-state index is 0.126. The molecule has 1 amide bonds. The van der Waals surface area contributed by atoms with Crippen molar-refractivity contribution in [3.63, 3.8) is 0 Å². The van der Waals surface area contributed by atoms with E-state index in [-0.39, 0.29) is 11.8 Å². The van der Waals surface area contributed by atoms with Crippen LogP contribution < -0.4 is 0 Å². The van der Waals surface area contributed by atoms with Gasteiger partial charge in [-0.1, -0.05) is 19.3 Å². The average molecular weight is 266 g/mol. The van der Waals surface area contributed by atoms with Crippen LogP contribution in [0, 0.1) is 5.92 Å². The molecular weight excluding hydrogens is 240 g/mol. The van der Waals surface area contributed by atoms with Crippen LogP contribution >= 0.6 is 0 Å². The quantitative estimate of drug-likeness (QED) is 0.727. The number of carbonyl (C=O) groups is 2. The highest BCUT2D eigenvalue weighted by Crippen LogP contribution is 2.22. The van der Waals surface area contributed by atoms with E-state index in [0.717, 1.165) is 45.1 Å². The Morgan fingerprint density at radius 1 is 1.21 bits per heavy atom. The molecule has 0 N–H and O–H groups in total. The molecule has 108 valence electrons. The molecule has 0 bridgehead atoms. The van der Waals surface area contributed by atoms with Gasteiger partial charge in [0.25, 0.3) is 0 Å². The van der Waals surface area contributed by atoms with E-state index in [1.807, 2.05) is 11.9 Å². The van der Waals surface area contributed by atoms with Crippen molar-refractivity contribution in [1.29, 1.82) is 0 Å². The van der Waals surface area contributed by atoms with Crippen LogP contribution in [0.25, 0.3) is 0 Å². The molecule has 0 aromatic carbocycles. The van der Waals surface area contributed by atoms with Crippen molar-refractivity contribution in [3.05, 3.63) is 0 Å². The van der Waals surface area contributed by atoms with Gasteiger partial charge in [0, 0.05) is 25.6 Å². The number of nitrogens with zero attached hydrogens (tertiary/aromatic N) is 2. The van der Waals surface area contributed by atoms with Gasteiger partial charge >= 0.3 is 0 Å². The Bertz CT molecular complexity index is 313. The minimum Gasteiger partial charge on any atom is -0.342 e. The molecule has 1 atom stereocenters. The normalized spacial score (nSPS) is 26.1. The second-order valence-corrected chi connectivity index (χ2v) is 6.07. The second-order valence-electron chi connectivity index (χ2n) is 6.07. The molecule has 0 spiro atoms. The number of hydrogen-bond acceptors (Lipinski definition) is 3. The first-order chi connectivity index (χ1) is 9.20. The largest absolute Gasteiger partial charge is 0.342 e. The Labute approximate surface area is 116 Å². The molecule has 1 unspecified atom stereocenters. The minimum atomic E-state index is 0.126. The van der Waals surface area contributed by atoms with Crippen molar-refractivity contribution < 1.29 is 9.59 Å². The predicted octanol–water partition coefficient (Wildman–Crippen LogP) is 1.69. The van der Waals surface area contributed by atoms with Crippen LogP contribution in [0.1, 0.15) is 44.9 Å². The average Bonchev–Trinajstić information content (AvgIpc) is 2.47. The molecule has 2 aliphatic rings. The lowest BCUT2D eigenvalue weighted by Gasteiger charge is -2.35. The topological polar surface area (TPSA) is 40.6 Å². The van der Waals surface area contributed by atoms with Gasteiger partial charge < -0.3 is 9.69 Å². The van der Waals surface area contributed by atoms with Crippen molar-refractivity contribution in [1.82, 2.24) is 9.80 Å². The van der Waals surface area contributed by atoms with E-state index in [0.29, 0.717) is 12.6 Å². The summed E-state index contributed by atoms with van der Waals surface area (Å²) in [7, 11) is 1.94. The van der Waals surface area contributed by atoms with Crippen molar-refractivity contribution in [2.45, 2.75) is 51.0 Å². The van der Waals surface area contributed by atoms with Crippen LogP contribution in [-0.4, -0.2) is 54.7 Å². The van der Waals surface area contributed by atoms with E-state index < -0.39 is 0 Å². The molecule has 2 rings (SSSR count). The Balaban J connectivity index is 1.80. The molecule has 0 aromatic rings. The summed E-state index contributed by atoms with van der Waals surface area (Å²) < 4.78 is 0. The third kappa shape index (κ3) is 4.03. The van der Waals surface area contributed by atoms with E-state index in [1.165, 1.54) is 19.3 Å². The van der Waals surface area contributed by atoms with Crippen LogP contribution in [0.2, 0.25) is 0 Å². The standard InChI is InChI=1S/C15H26N2O2/c1-16(14-7-3-2-4-8-14)15(19)11-17-9-5-6-13(10-17)12-18/h12-14H,2-11H2,1H3. The van der Waals surface area contributed by atoms with Gasteiger partial charge in [-0.3, -0.25) is 9.69 Å². The number of likely N-dealkylation sites (N-methyl/N-ethyl adjacent to an activating group) is 1. The van der Waals surface area contributed by atoms with E-state index in [1.54, 1.807) is 0 Å². The third-order valence-corrected chi connectivity index (χ3v) is 4.61. The van der Waals surface area contributed by atoms with Crippen molar-refractivity contribution in [3.8, 4) is 0 Å². The molecule has 0 radical (unpaired) electrons. The smallest absolute Gasteiger partial charge is 0.236 e. The monoisotopic (exact) mass is 266 g/mol. The van der Waals surface area contributed by atoms with Crippen molar-refractivity contribution in [2.24, 2.45) is 5.92 Å². The molecular formula is C15H26N2O2. The molecule has 1 saturated heterocycles. The maximum Gasteiger partial charge on any atom is 0.236 e. The second kappa shape index (κ2) is 7.04. The first-order valence-corrected chi connectivity index (χ1v) is 7.64. The summed E-state index contributed by atoms with van der Waals surface area (Å²) in [5.74, 6) is 0.347. The molecule has 4 nitrogen and oxygen atoms in total. The Morgan fingerprint density at radius 3 is 2.63 bits per heavy atom. The zero-order valence-electron chi connectivity index (χ0n) is 12.0. The lowest BCUT2D eigenvalue weighted by Crippen LogP contribution is -2.46. The number of rotatable bonds is 4. The van der Waals surface area contributed by atoms with Gasteiger partial charge in [-0.05, 0) is 32.2 Å². The summed E-state index contributed by atoms with van der Waals surface area (Å²) in [6, 6.07) is 0.438. The number of hydrogen-bond donors (Lipinski definition) is 0. The maximum absolute atomic E-state index is 12.3. The van der Waals surface area contributed by atoms with Gasteiger partial charge in [0.05, 0.1) is 6.54 Å². The number of carbonyl (C=O) groups excluding carboxylic acids is 2. The Hall–Kier alpha value is -0.900. The highest BCUT2D eigenvalue weighted by molar-refractivity contribution is 5.78. The lowest BCUT2D eigenvalue weighted by molar-refractivity contribution is -0.134. The number of aldehydes is 1. The molecule has 1 aliphatic carbocycles. The molecule has 19 heavy (non-hydrogen) atoms. The fourth-order valence-electron chi connectivity index (χ4n) is 3.32. The lowest BCUT2D eigenvalue weighted by atomic mass is 9.94.